The SMILES string of the molecule is CN=C(NCCNC(=O)c1cccnc1)NCCc1ccc2c(c1)OCO2. The fraction of sp³-hybridized carbons (Fsp3) is 0.316. The summed E-state index contributed by atoms with van der Waals surface area (Å²) in [4.78, 5) is 20.0. The predicted molar refractivity (Wildman–Crippen MR) is 102 cm³/mol. The van der Waals surface area contributed by atoms with Gasteiger partial charge in [0.2, 0.25) is 6.79 Å². The number of pyridine rings is 1. The van der Waals surface area contributed by atoms with Gasteiger partial charge >= 0.3 is 0 Å². The Bertz CT molecular complexity index is 795. The summed E-state index contributed by atoms with van der Waals surface area (Å²) in [5, 5.41) is 9.25. The average Bonchev–Trinajstić information content (AvgIpc) is 3.18. The second-order valence-electron chi connectivity index (χ2n) is 5.86. The van der Waals surface area contributed by atoms with Gasteiger partial charge in [0.1, 0.15) is 0 Å². The number of aromatic nitrogens is 1. The van der Waals surface area contributed by atoms with Crippen LogP contribution in [-0.4, -0.2) is 50.3 Å². The molecule has 0 spiro atoms. The maximum absolute atomic E-state index is 11.9. The third-order valence-corrected chi connectivity index (χ3v) is 3.99. The molecule has 1 aromatic heterocycles. The highest BCUT2D eigenvalue weighted by atomic mass is 16.7. The monoisotopic (exact) mass is 369 g/mol. The number of ether oxygens (including phenoxy) is 2. The molecule has 1 aliphatic heterocycles. The van der Waals surface area contributed by atoms with Gasteiger partial charge in [0.05, 0.1) is 5.56 Å². The van der Waals surface area contributed by atoms with E-state index < -0.39 is 0 Å². The van der Waals surface area contributed by atoms with E-state index in [4.69, 9.17) is 9.47 Å². The van der Waals surface area contributed by atoms with Crippen LogP contribution >= 0.6 is 0 Å². The quantitative estimate of drug-likeness (QED) is 0.382. The second-order valence-corrected chi connectivity index (χ2v) is 5.86. The molecular formula is C19H23N5O3. The zero-order chi connectivity index (χ0) is 18.9. The lowest BCUT2D eigenvalue weighted by Crippen LogP contribution is -2.42. The zero-order valence-electron chi connectivity index (χ0n) is 15.2. The largest absolute Gasteiger partial charge is 0.454 e. The normalized spacial score (nSPS) is 12.6. The van der Waals surface area contributed by atoms with Crippen LogP contribution in [0.3, 0.4) is 0 Å². The molecular weight excluding hydrogens is 346 g/mol. The minimum atomic E-state index is -0.143. The molecule has 0 fully saturated rings. The molecule has 8 heteroatoms. The average molecular weight is 369 g/mol. The van der Waals surface area contributed by atoms with Gasteiger partial charge in [0, 0.05) is 39.1 Å². The van der Waals surface area contributed by atoms with Gasteiger partial charge in [-0.3, -0.25) is 14.8 Å². The van der Waals surface area contributed by atoms with E-state index in [1.165, 1.54) is 0 Å². The molecule has 3 N–H and O–H groups in total. The Labute approximate surface area is 158 Å². The number of guanidine groups is 1. The van der Waals surface area contributed by atoms with Crippen molar-refractivity contribution in [2.24, 2.45) is 4.99 Å². The van der Waals surface area contributed by atoms with Crippen LogP contribution in [0.1, 0.15) is 15.9 Å². The lowest BCUT2D eigenvalue weighted by Gasteiger charge is -2.12. The summed E-state index contributed by atoms with van der Waals surface area (Å²) < 4.78 is 10.7. The summed E-state index contributed by atoms with van der Waals surface area (Å²) in [5.74, 6) is 2.12. The highest BCUT2D eigenvalue weighted by molar-refractivity contribution is 5.93. The van der Waals surface area contributed by atoms with Crippen LogP contribution in [0, 0.1) is 0 Å². The molecule has 2 heterocycles. The van der Waals surface area contributed by atoms with Gasteiger partial charge in [0.25, 0.3) is 5.91 Å². The predicted octanol–water partition coefficient (Wildman–Crippen LogP) is 0.948. The highest BCUT2D eigenvalue weighted by Gasteiger charge is 2.13. The Morgan fingerprint density at radius 1 is 1.11 bits per heavy atom. The summed E-state index contributed by atoms with van der Waals surface area (Å²) in [5.41, 5.74) is 1.70. The fourth-order valence-corrected chi connectivity index (χ4v) is 2.60. The molecule has 0 bridgehead atoms. The zero-order valence-corrected chi connectivity index (χ0v) is 15.2. The maximum Gasteiger partial charge on any atom is 0.252 e. The summed E-state index contributed by atoms with van der Waals surface area (Å²) in [6.45, 7) is 2.05. The number of hydrogen-bond donors (Lipinski definition) is 3. The first-order valence-corrected chi connectivity index (χ1v) is 8.77. The van der Waals surface area contributed by atoms with Gasteiger partial charge in [-0.1, -0.05) is 6.07 Å². The van der Waals surface area contributed by atoms with E-state index in [9.17, 15) is 4.79 Å². The molecule has 1 aliphatic rings. The Morgan fingerprint density at radius 3 is 2.74 bits per heavy atom. The van der Waals surface area contributed by atoms with E-state index in [1.54, 1.807) is 31.6 Å². The fourth-order valence-electron chi connectivity index (χ4n) is 2.60. The number of fused-ring (bicyclic) bond motifs is 1. The molecule has 8 nitrogen and oxygen atoms in total. The van der Waals surface area contributed by atoms with E-state index in [-0.39, 0.29) is 12.7 Å². The Kier molecular flexibility index (Phi) is 6.45. The van der Waals surface area contributed by atoms with Crippen LogP contribution < -0.4 is 25.4 Å². The van der Waals surface area contributed by atoms with Gasteiger partial charge in [-0.15, -0.1) is 0 Å². The summed E-state index contributed by atoms with van der Waals surface area (Å²) in [6.07, 6.45) is 4.01. The lowest BCUT2D eigenvalue weighted by molar-refractivity contribution is 0.0954. The number of hydrogen-bond acceptors (Lipinski definition) is 5. The van der Waals surface area contributed by atoms with Crippen molar-refractivity contribution in [2.75, 3.05) is 33.5 Å². The molecule has 0 saturated carbocycles. The van der Waals surface area contributed by atoms with Crippen molar-refractivity contribution >= 4 is 11.9 Å². The third kappa shape index (κ3) is 5.34. The first-order chi connectivity index (χ1) is 13.3. The molecule has 3 rings (SSSR count). The van der Waals surface area contributed by atoms with Gasteiger partial charge in [-0.25, -0.2) is 0 Å². The summed E-state index contributed by atoms with van der Waals surface area (Å²) >= 11 is 0. The van der Waals surface area contributed by atoms with Crippen molar-refractivity contribution in [1.82, 2.24) is 20.9 Å². The Morgan fingerprint density at radius 2 is 1.93 bits per heavy atom. The first-order valence-electron chi connectivity index (χ1n) is 8.77. The topological polar surface area (TPSA) is 96.9 Å². The second kappa shape index (κ2) is 9.42. The van der Waals surface area contributed by atoms with E-state index >= 15 is 0 Å². The molecule has 0 saturated heterocycles. The van der Waals surface area contributed by atoms with Crippen molar-refractivity contribution in [1.29, 1.82) is 0 Å². The van der Waals surface area contributed by atoms with Gasteiger partial charge in [-0.2, -0.15) is 0 Å². The molecule has 27 heavy (non-hydrogen) atoms. The van der Waals surface area contributed by atoms with Gasteiger partial charge < -0.3 is 25.4 Å². The third-order valence-electron chi connectivity index (χ3n) is 3.99. The standard InChI is InChI=1S/C19H23N5O3/c1-20-19(24-10-9-22-18(25)15-3-2-7-21-12-15)23-8-6-14-4-5-16-17(11-14)27-13-26-16/h2-5,7,11-12H,6,8-10,13H2,1H3,(H,22,25)(H2,20,23,24). The van der Waals surface area contributed by atoms with Crippen molar-refractivity contribution in [3.63, 3.8) is 0 Å². The van der Waals surface area contributed by atoms with E-state index in [0.29, 0.717) is 24.6 Å². The summed E-state index contributed by atoms with van der Waals surface area (Å²) in [6, 6.07) is 9.41. The molecule has 0 aliphatic carbocycles. The van der Waals surface area contributed by atoms with Crippen LogP contribution in [0.4, 0.5) is 0 Å². The Hall–Kier alpha value is -3.29. The molecule has 1 aromatic carbocycles. The van der Waals surface area contributed by atoms with E-state index in [2.05, 4.69) is 25.9 Å². The van der Waals surface area contributed by atoms with Crippen LogP contribution in [0.25, 0.3) is 0 Å². The minimum Gasteiger partial charge on any atom is -0.454 e. The van der Waals surface area contributed by atoms with Crippen molar-refractivity contribution < 1.29 is 14.3 Å². The van der Waals surface area contributed by atoms with Crippen molar-refractivity contribution in [3.8, 4) is 11.5 Å². The van der Waals surface area contributed by atoms with Crippen LogP contribution in [0.15, 0.2) is 47.7 Å². The van der Waals surface area contributed by atoms with Crippen LogP contribution in [0.2, 0.25) is 0 Å². The van der Waals surface area contributed by atoms with E-state index in [1.807, 2.05) is 18.2 Å². The molecule has 0 atom stereocenters. The number of carbonyl (C=O) groups excluding carboxylic acids is 1. The maximum atomic E-state index is 11.9. The number of nitrogens with zero attached hydrogens (tertiary/aromatic N) is 2. The minimum absolute atomic E-state index is 0.143. The van der Waals surface area contributed by atoms with Gasteiger partial charge in [-0.05, 0) is 36.2 Å². The summed E-state index contributed by atoms with van der Waals surface area (Å²) in [7, 11) is 1.71. The number of nitrogens with one attached hydrogen (secondary N) is 3. The molecule has 142 valence electrons. The molecule has 2 aromatic rings. The molecule has 0 unspecified atom stereocenters. The number of aliphatic imine (C=N–C) groups is 1. The smallest absolute Gasteiger partial charge is 0.252 e. The number of rotatable bonds is 7. The highest BCUT2D eigenvalue weighted by Crippen LogP contribution is 2.32. The number of carbonyl (C=O) groups is 1. The van der Waals surface area contributed by atoms with E-state index in [0.717, 1.165) is 30.0 Å². The number of amides is 1. The van der Waals surface area contributed by atoms with Crippen molar-refractivity contribution in [2.45, 2.75) is 6.42 Å². The van der Waals surface area contributed by atoms with Crippen LogP contribution in [0.5, 0.6) is 11.5 Å². The van der Waals surface area contributed by atoms with Crippen LogP contribution in [-0.2, 0) is 6.42 Å². The van der Waals surface area contributed by atoms with Gasteiger partial charge in [0.15, 0.2) is 17.5 Å². The molecule has 0 radical (unpaired) electrons. The molecule has 1 amide bonds. The Balaban J connectivity index is 1.34. The van der Waals surface area contributed by atoms with Crippen molar-refractivity contribution in [3.05, 3.63) is 53.9 Å². The number of benzene rings is 1. The first kappa shape index (κ1) is 18.5. The lowest BCUT2D eigenvalue weighted by atomic mass is 10.1.